The fourth-order valence-electron chi connectivity index (χ4n) is 2.57. The standard InChI is InChI=1S/C20H17F3N2O6/c1-11(18(27)25-14-5-3-13(4-6-14)20(21,22)23)31-17(26)9-24-19(28)12-2-7-15-16(8-12)30-10-29-15/h2-8,11H,9-10H2,1H3,(H,24,28)(H,25,27). The van der Waals surface area contributed by atoms with Crippen LogP contribution in [0.3, 0.4) is 0 Å². The van der Waals surface area contributed by atoms with Gasteiger partial charge in [-0.2, -0.15) is 13.2 Å². The molecule has 2 aromatic rings. The molecule has 8 nitrogen and oxygen atoms in total. The van der Waals surface area contributed by atoms with Crippen molar-refractivity contribution in [1.29, 1.82) is 0 Å². The number of rotatable bonds is 6. The van der Waals surface area contributed by atoms with E-state index in [0.717, 1.165) is 24.3 Å². The van der Waals surface area contributed by atoms with Crippen LogP contribution in [-0.4, -0.2) is 37.2 Å². The number of hydrogen-bond donors (Lipinski definition) is 2. The van der Waals surface area contributed by atoms with Crippen molar-refractivity contribution in [1.82, 2.24) is 5.32 Å². The van der Waals surface area contributed by atoms with Crippen molar-refractivity contribution < 1.29 is 41.8 Å². The molecule has 0 aliphatic carbocycles. The third-order valence-corrected chi connectivity index (χ3v) is 4.19. The summed E-state index contributed by atoms with van der Waals surface area (Å²) in [5.74, 6) is -1.26. The maximum absolute atomic E-state index is 12.6. The molecule has 2 N–H and O–H groups in total. The lowest BCUT2D eigenvalue weighted by Crippen LogP contribution is -2.35. The lowest BCUT2D eigenvalue weighted by Gasteiger charge is -2.14. The minimum Gasteiger partial charge on any atom is -0.454 e. The molecule has 2 aromatic carbocycles. The Morgan fingerprint density at radius 1 is 1.06 bits per heavy atom. The molecule has 1 heterocycles. The summed E-state index contributed by atoms with van der Waals surface area (Å²) >= 11 is 0. The first-order valence-electron chi connectivity index (χ1n) is 8.99. The second-order valence-corrected chi connectivity index (χ2v) is 6.45. The van der Waals surface area contributed by atoms with Crippen LogP contribution in [0.1, 0.15) is 22.8 Å². The molecule has 0 saturated heterocycles. The van der Waals surface area contributed by atoms with Crippen molar-refractivity contribution in [3.63, 3.8) is 0 Å². The highest BCUT2D eigenvalue weighted by Crippen LogP contribution is 2.32. The molecule has 0 radical (unpaired) electrons. The second-order valence-electron chi connectivity index (χ2n) is 6.45. The number of alkyl halides is 3. The summed E-state index contributed by atoms with van der Waals surface area (Å²) in [6.45, 7) is 0.849. The molecule has 1 atom stereocenters. The Bertz CT molecular complexity index is 991. The lowest BCUT2D eigenvalue weighted by atomic mass is 10.2. The van der Waals surface area contributed by atoms with Gasteiger partial charge in [-0.05, 0) is 49.4 Å². The highest BCUT2D eigenvalue weighted by molar-refractivity contribution is 5.97. The highest BCUT2D eigenvalue weighted by atomic mass is 19.4. The van der Waals surface area contributed by atoms with E-state index in [4.69, 9.17) is 14.2 Å². The molecule has 0 aromatic heterocycles. The Labute approximate surface area is 174 Å². The number of anilines is 1. The number of carbonyl (C=O) groups is 3. The van der Waals surface area contributed by atoms with Gasteiger partial charge >= 0.3 is 12.1 Å². The molecule has 1 aliphatic rings. The van der Waals surface area contributed by atoms with Crippen molar-refractivity contribution >= 4 is 23.5 Å². The molecule has 3 rings (SSSR count). The molecule has 11 heteroatoms. The van der Waals surface area contributed by atoms with Gasteiger partial charge in [0.1, 0.15) is 6.54 Å². The van der Waals surface area contributed by atoms with Gasteiger partial charge in [0.05, 0.1) is 5.56 Å². The first-order valence-corrected chi connectivity index (χ1v) is 8.99. The summed E-state index contributed by atoms with van der Waals surface area (Å²) in [6.07, 6.45) is -5.73. The van der Waals surface area contributed by atoms with Gasteiger partial charge in [-0.1, -0.05) is 0 Å². The lowest BCUT2D eigenvalue weighted by molar-refractivity contribution is -0.152. The maximum Gasteiger partial charge on any atom is 0.416 e. The van der Waals surface area contributed by atoms with E-state index in [0.29, 0.717) is 11.5 Å². The summed E-state index contributed by atoms with van der Waals surface area (Å²) in [7, 11) is 0. The number of benzene rings is 2. The van der Waals surface area contributed by atoms with Gasteiger partial charge in [-0.15, -0.1) is 0 Å². The Morgan fingerprint density at radius 3 is 2.42 bits per heavy atom. The van der Waals surface area contributed by atoms with Crippen molar-refractivity contribution in [2.45, 2.75) is 19.2 Å². The normalized spacial score (nSPS) is 13.3. The quantitative estimate of drug-likeness (QED) is 0.673. The Morgan fingerprint density at radius 2 is 1.74 bits per heavy atom. The zero-order valence-corrected chi connectivity index (χ0v) is 16.1. The number of carbonyl (C=O) groups excluding carboxylic acids is 3. The van der Waals surface area contributed by atoms with Crippen LogP contribution >= 0.6 is 0 Å². The Balaban J connectivity index is 1.46. The van der Waals surface area contributed by atoms with Crippen LogP contribution in [0.4, 0.5) is 18.9 Å². The number of ether oxygens (including phenoxy) is 3. The molecule has 0 spiro atoms. The van der Waals surface area contributed by atoms with Crippen LogP contribution in [0.15, 0.2) is 42.5 Å². The van der Waals surface area contributed by atoms with Gasteiger partial charge in [-0.25, -0.2) is 0 Å². The van der Waals surface area contributed by atoms with Gasteiger partial charge in [-0.3, -0.25) is 14.4 Å². The molecule has 0 fully saturated rings. The van der Waals surface area contributed by atoms with Gasteiger partial charge in [0.15, 0.2) is 17.6 Å². The molecule has 0 bridgehead atoms. The molecular weight excluding hydrogens is 421 g/mol. The largest absolute Gasteiger partial charge is 0.454 e. The van der Waals surface area contributed by atoms with Crippen LogP contribution < -0.4 is 20.1 Å². The Hall–Kier alpha value is -3.76. The van der Waals surface area contributed by atoms with E-state index in [-0.39, 0.29) is 18.0 Å². The molecule has 1 aliphatic heterocycles. The van der Waals surface area contributed by atoms with E-state index in [1.54, 1.807) is 6.07 Å². The number of nitrogens with one attached hydrogen (secondary N) is 2. The SMILES string of the molecule is CC(OC(=O)CNC(=O)c1ccc2c(c1)OCO2)C(=O)Nc1ccc(C(F)(F)F)cc1. The van der Waals surface area contributed by atoms with E-state index < -0.39 is 42.2 Å². The topological polar surface area (TPSA) is 103 Å². The van der Waals surface area contributed by atoms with Crippen LogP contribution in [0, 0.1) is 0 Å². The van der Waals surface area contributed by atoms with Gasteiger partial charge in [0, 0.05) is 11.3 Å². The number of fused-ring (bicyclic) bond motifs is 1. The van der Waals surface area contributed by atoms with Gasteiger partial charge in [0.2, 0.25) is 6.79 Å². The zero-order valence-electron chi connectivity index (χ0n) is 16.1. The average molecular weight is 438 g/mol. The first kappa shape index (κ1) is 21.9. The minimum atomic E-state index is -4.49. The van der Waals surface area contributed by atoms with Crippen LogP contribution in [-0.2, 0) is 20.5 Å². The zero-order chi connectivity index (χ0) is 22.6. The van der Waals surface area contributed by atoms with Crippen molar-refractivity contribution in [3.8, 4) is 11.5 Å². The second kappa shape index (κ2) is 8.94. The third kappa shape index (κ3) is 5.65. The van der Waals surface area contributed by atoms with Crippen LogP contribution in [0.2, 0.25) is 0 Å². The molecule has 2 amide bonds. The number of hydrogen-bond acceptors (Lipinski definition) is 6. The first-order chi connectivity index (χ1) is 14.6. The van der Waals surface area contributed by atoms with Crippen LogP contribution in [0.25, 0.3) is 0 Å². The molecular formula is C20H17F3N2O6. The summed E-state index contributed by atoms with van der Waals surface area (Å²) in [4.78, 5) is 36.1. The van der Waals surface area contributed by atoms with E-state index >= 15 is 0 Å². The van der Waals surface area contributed by atoms with E-state index in [2.05, 4.69) is 10.6 Å². The number of amides is 2. The monoisotopic (exact) mass is 438 g/mol. The Kier molecular flexibility index (Phi) is 6.33. The van der Waals surface area contributed by atoms with E-state index in [1.165, 1.54) is 19.1 Å². The van der Waals surface area contributed by atoms with Crippen molar-refractivity contribution in [3.05, 3.63) is 53.6 Å². The molecule has 0 saturated carbocycles. The van der Waals surface area contributed by atoms with E-state index in [9.17, 15) is 27.6 Å². The van der Waals surface area contributed by atoms with Gasteiger partial charge in [0.25, 0.3) is 11.8 Å². The summed E-state index contributed by atoms with van der Waals surface area (Å²) in [5.41, 5.74) is -0.509. The maximum atomic E-state index is 12.6. The van der Waals surface area contributed by atoms with Crippen molar-refractivity contribution in [2.75, 3.05) is 18.7 Å². The van der Waals surface area contributed by atoms with E-state index in [1.807, 2.05) is 0 Å². The fourth-order valence-corrected chi connectivity index (χ4v) is 2.57. The fraction of sp³-hybridized carbons (Fsp3) is 0.250. The summed E-state index contributed by atoms with van der Waals surface area (Å²) in [6, 6.07) is 8.32. The minimum absolute atomic E-state index is 0.0547. The average Bonchev–Trinajstić information content (AvgIpc) is 3.19. The van der Waals surface area contributed by atoms with Gasteiger partial charge < -0.3 is 24.8 Å². The summed E-state index contributed by atoms with van der Waals surface area (Å²) in [5, 5.41) is 4.70. The highest BCUT2D eigenvalue weighted by Gasteiger charge is 2.30. The van der Waals surface area contributed by atoms with Crippen molar-refractivity contribution in [2.24, 2.45) is 0 Å². The molecule has 164 valence electrons. The molecule has 31 heavy (non-hydrogen) atoms. The smallest absolute Gasteiger partial charge is 0.416 e. The predicted molar refractivity (Wildman–Crippen MR) is 101 cm³/mol. The number of halogens is 3. The third-order valence-electron chi connectivity index (χ3n) is 4.19. The predicted octanol–water partition coefficient (Wildman–Crippen LogP) is 2.73. The molecule has 1 unspecified atom stereocenters. The van der Waals surface area contributed by atoms with Crippen LogP contribution in [0.5, 0.6) is 11.5 Å². The number of esters is 1. The summed E-state index contributed by atoms with van der Waals surface area (Å²) < 4.78 is 52.9.